The molecule has 0 aromatic rings. The largest absolute Gasteiger partial charge is 0.509 e. The molecule has 5 nitrogen and oxygen atoms in total. The molecule has 0 aromatic heterocycles. The summed E-state index contributed by atoms with van der Waals surface area (Å²) in [5, 5.41) is 8.60. The van der Waals surface area contributed by atoms with Crippen LogP contribution in [0, 0.1) is 0 Å². The lowest BCUT2D eigenvalue weighted by Gasteiger charge is -2.17. The quantitative estimate of drug-likeness (QED) is 0.561. The standard InChI is InChI=1S/C6H8O5/c1-3-6(2,4(7)8)11-5(9)10-3/h3H,1-2H3,(H,7,8). The van der Waals surface area contributed by atoms with Crippen LogP contribution in [0.15, 0.2) is 0 Å². The molecule has 1 fully saturated rings. The summed E-state index contributed by atoms with van der Waals surface area (Å²) in [5.41, 5.74) is -1.53. The van der Waals surface area contributed by atoms with Gasteiger partial charge in [0.25, 0.3) is 0 Å². The zero-order valence-corrected chi connectivity index (χ0v) is 6.16. The summed E-state index contributed by atoms with van der Waals surface area (Å²) in [5.74, 6) is -1.20. The van der Waals surface area contributed by atoms with Crippen LogP contribution in [-0.4, -0.2) is 28.9 Å². The summed E-state index contributed by atoms with van der Waals surface area (Å²) < 4.78 is 8.96. The molecule has 1 aliphatic heterocycles. The second-order valence-electron chi connectivity index (χ2n) is 2.52. The number of cyclic esters (lactones) is 2. The highest BCUT2D eigenvalue weighted by Crippen LogP contribution is 2.26. The van der Waals surface area contributed by atoms with Crippen molar-refractivity contribution in [2.45, 2.75) is 25.6 Å². The van der Waals surface area contributed by atoms with Crippen LogP contribution in [0.5, 0.6) is 0 Å². The molecule has 0 radical (unpaired) electrons. The molecule has 0 aromatic carbocycles. The van der Waals surface area contributed by atoms with Crippen molar-refractivity contribution >= 4 is 12.1 Å². The van der Waals surface area contributed by atoms with E-state index in [1.54, 1.807) is 0 Å². The first-order valence-electron chi connectivity index (χ1n) is 3.10. The highest BCUT2D eigenvalue weighted by Gasteiger charge is 2.51. The Kier molecular flexibility index (Phi) is 1.51. The average molecular weight is 160 g/mol. The molecule has 0 saturated carbocycles. The van der Waals surface area contributed by atoms with E-state index in [0.717, 1.165) is 0 Å². The van der Waals surface area contributed by atoms with Crippen molar-refractivity contribution in [1.29, 1.82) is 0 Å². The zero-order chi connectivity index (χ0) is 8.65. The number of carboxylic acids is 1. The minimum Gasteiger partial charge on any atom is -0.478 e. The van der Waals surface area contributed by atoms with E-state index in [9.17, 15) is 9.59 Å². The SMILES string of the molecule is CC1OC(=O)OC1(C)C(=O)O. The third-order valence-corrected chi connectivity index (χ3v) is 1.77. The van der Waals surface area contributed by atoms with Crippen LogP contribution >= 0.6 is 0 Å². The zero-order valence-electron chi connectivity index (χ0n) is 6.16. The summed E-state index contributed by atoms with van der Waals surface area (Å²) in [4.78, 5) is 21.0. The molecule has 62 valence electrons. The summed E-state index contributed by atoms with van der Waals surface area (Å²) >= 11 is 0. The van der Waals surface area contributed by atoms with Crippen LogP contribution < -0.4 is 0 Å². The Hall–Kier alpha value is -1.26. The normalized spacial score (nSPS) is 36.2. The Morgan fingerprint density at radius 1 is 1.73 bits per heavy atom. The van der Waals surface area contributed by atoms with Crippen molar-refractivity contribution in [3.63, 3.8) is 0 Å². The topological polar surface area (TPSA) is 72.8 Å². The first-order chi connectivity index (χ1) is 4.97. The molecule has 1 rings (SSSR count). The van der Waals surface area contributed by atoms with Gasteiger partial charge in [-0.1, -0.05) is 0 Å². The number of rotatable bonds is 1. The first-order valence-corrected chi connectivity index (χ1v) is 3.10. The van der Waals surface area contributed by atoms with Crippen LogP contribution in [0.1, 0.15) is 13.8 Å². The van der Waals surface area contributed by atoms with Gasteiger partial charge in [-0.15, -0.1) is 0 Å². The number of carbonyl (C=O) groups is 2. The summed E-state index contributed by atoms with van der Waals surface area (Å²) in [6, 6.07) is 0. The summed E-state index contributed by atoms with van der Waals surface area (Å²) in [7, 11) is 0. The fraction of sp³-hybridized carbons (Fsp3) is 0.667. The van der Waals surface area contributed by atoms with E-state index in [0.29, 0.717) is 0 Å². The maximum atomic E-state index is 10.5. The van der Waals surface area contributed by atoms with E-state index >= 15 is 0 Å². The van der Waals surface area contributed by atoms with Crippen LogP contribution in [0.25, 0.3) is 0 Å². The van der Waals surface area contributed by atoms with E-state index < -0.39 is 23.8 Å². The molecule has 0 bridgehead atoms. The van der Waals surface area contributed by atoms with E-state index in [2.05, 4.69) is 9.47 Å². The van der Waals surface area contributed by atoms with Gasteiger partial charge >= 0.3 is 12.1 Å². The second-order valence-corrected chi connectivity index (χ2v) is 2.52. The van der Waals surface area contributed by atoms with Crippen molar-refractivity contribution in [2.75, 3.05) is 0 Å². The van der Waals surface area contributed by atoms with Gasteiger partial charge in [0.05, 0.1) is 0 Å². The van der Waals surface area contributed by atoms with Gasteiger partial charge in [0.1, 0.15) is 0 Å². The van der Waals surface area contributed by atoms with Crippen molar-refractivity contribution in [3.8, 4) is 0 Å². The van der Waals surface area contributed by atoms with E-state index in [1.807, 2.05) is 0 Å². The van der Waals surface area contributed by atoms with E-state index in [-0.39, 0.29) is 0 Å². The fourth-order valence-corrected chi connectivity index (χ4v) is 0.754. The molecule has 5 heteroatoms. The number of hydrogen-bond acceptors (Lipinski definition) is 4. The highest BCUT2D eigenvalue weighted by atomic mass is 16.8. The molecule has 11 heavy (non-hydrogen) atoms. The molecule has 0 spiro atoms. The van der Waals surface area contributed by atoms with Gasteiger partial charge in [-0.05, 0) is 13.8 Å². The Morgan fingerprint density at radius 3 is 2.45 bits per heavy atom. The lowest BCUT2D eigenvalue weighted by molar-refractivity contribution is -0.156. The van der Waals surface area contributed by atoms with Crippen LogP contribution in [-0.2, 0) is 14.3 Å². The molecular formula is C6H8O5. The minimum absolute atomic E-state index is 0.743. The smallest absolute Gasteiger partial charge is 0.478 e. The molecule has 0 amide bonds. The maximum Gasteiger partial charge on any atom is 0.509 e. The molecular weight excluding hydrogens is 152 g/mol. The van der Waals surface area contributed by atoms with E-state index in [4.69, 9.17) is 5.11 Å². The number of carboxylic acid groups (broad SMARTS) is 1. The molecule has 2 atom stereocenters. The van der Waals surface area contributed by atoms with Crippen LogP contribution in [0.3, 0.4) is 0 Å². The lowest BCUT2D eigenvalue weighted by Crippen LogP contribution is -2.43. The van der Waals surface area contributed by atoms with Crippen molar-refractivity contribution in [1.82, 2.24) is 0 Å². The molecule has 2 unspecified atom stereocenters. The number of ether oxygens (including phenoxy) is 2. The second kappa shape index (κ2) is 2.11. The van der Waals surface area contributed by atoms with Crippen LogP contribution in [0.2, 0.25) is 0 Å². The first kappa shape index (κ1) is 7.84. The Bertz CT molecular complexity index is 211. The summed E-state index contributed by atoms with van der Waals surface area (Å²) in [6.45, 7) is 2.77. The van der Waals surface area contributed by atoms with Crippen molar-refractivity contribution in [3.05, 3.63) is 0 Å². The maximum absolute atomic E-state index is 10.5. The van der Waals surface area contributed by atoms with Gasteiger partial charge in [0, 0.05) is 0 Å². The van der Waals surface area contributed by atoms with Gasteiger partial charge in [0.15, 0.2) is 6.10 Å². The minimum atomic E-state index is -1.53. The van der Waals surface area contributed by atoms with Crippen LogP contribution in [0.4, 0.5) is 4.79 Å². The predicted octanol–water partition coefficient (Wildman–Crippen LogP) is 0.385. The molecule has 1 N–H and O–H groups in total. The van der Waals surface area contributed by atoms with Gasteiger partial charge in [-0.2, -0.15) is 0 Å². The van der Waals surface area contributed by atoms with E-state index in [1.165, 1.54) is 13.8 Å². The molecule has 0 aliphatic carbocycles. The third kappa shape index (κ3) is 1.02. The molecule has 1 aliphatic rings. The van der Waals surface area contributed by atoms with Gasteiger partial charge < -0.3 is 14.6 Å². The fourth-order valence-electron chi connectivity index (χ4n) is 0.754. The monoisotopic (exact) mass is 160 g/mol. The lowest BCUT2D eigenvalue weighted by atomic mass is 10.0. The third-order valence-electron chi connectivity index (χ3n) is 1.77. The van der Waals surface area contributed by atoms with Gasteiger partial charge in [-0.25, -0.2) is 9.59 Å². The Balaban J connectivity index is 2.87. The average Bonchev–Trinajstić information content (AvgIpc) is 2.08. The van der Waals surface area contributed by atoms with Gasteiger partial charge in [-0.3, -0.25) is 0 Å². The van der Waals surface area contributed by atoms with Crippen molar-refractivity contribution < 1.29 is 24.2 Å². The number of hydrogen-bond donors (Lipinski definition) is 1. The Morgan fingerprint density at radius 2 is 2.27 bits per heavy atom. The predicted molar refractivity (Wildman–Crippen MR) is 33.1 cm³/mol. The summed E-state index contributed by atoms with van der Waals surface area (Å²) in [6.07, 6.45) is -1.67. The van der Waals surface area contributed by atoms with Crippen molar-refractivity contribution in [2.24, 2.45) is 0 Å². The molecule has 1 heterocycles. The van der Waals surface area contributed by atoms with Gasteiger partial charge in [0.2, 0.25) is 5.60 Å². The molecule has 1 saturated heterocycles. The number of carbonyl (C=O) groups excluding carboxylic acids is 1. The number of aliphatic carboxylic acids is 1. The Labute approximate surface area is 62.9 Å². The highest BCUT2D eigenvalue weighted by molar-refractivity contribution is 5.83.